The van der Waals surface area contributed by atoms with Gasteiger partial charge < -0.3 is 19.9 Å². The fraction of sp³-hybridized carbons (Fsp3) is 0.833. The van der Waals surface area contributed by atoms with Gasteiger partial charge in [0.1, 0.15) is 6.04 Å². The Kier molecular flexibility index (Phi) is 4.92. The van der Waals surface area contributed by atoms with E-state index in [2.05, 4.69) is 20.8 Å². The number of hydrogen-bond donors (Lipinski definition) is 2. The third kappa shape index (κ3) is 3.66. The SMILES string of the molecule is C[C@H](NC(=O)N[C@@H]1CCC[C@H]2OCC[C@@H]12)c1nc(C2CCCC2)no1. The average Bonchev–Trinajstić information content (AvgIpc) is 3.34. The van der Waals surface area contributed by atoms with Gasteiger partial charge in [-0.2, -0.15) is 4.98 Å². The Balaban J connectivity index is 1.31. The molecule has 2 heterocycles. The monoisotopic (exact) mass is 348 g/mol. The van der Waals surface area contributed by atoms with Gasteiger partial charge in [-0.15, -0.1) is 0 Å². The van der Waals surface area contributed by atoms with Crippen LogP contribution in [-0.4, -0.2) is 34.9 Å². The highest BCUT2D eigenvalue weighted by molar-refractivity contribution is 5.74. The number of ether oxygens (including phenoxy) is 1. The summed E-state index contributed by atoms with van der Waals surface area (Å²) in [6, 6.07) is -0.252. The molecule has 4 rings (SSSR count). The Morgan fingerprint density at radius 1 is 1.16 bits per heavy atom. The topological polar surface area (TPSA) is 89.3 Å². The first kappa shape index (κ1) is 16.8. The number of carbonyl (C=O) groups excluding carboxylic acids is 1. The minimum absolute atomic E-state index is 0.161. The first-order valence-corrected chi connectivity index (χ1v) is 9.73. The third-order valence-corrected chi connectivity index (χ3v) is 5.99. The van der Waals surface area contributed by atoms with Gasteiger partial charge in [0.05, 0.1) is 6.10 Å². The number of aromatic nitrogens is 2. The Bertz CT molecular complexity index is 599. The molecular formula is C18H28N4O3. The molecule has 2 aliphatic carbocycles. The van der Waals surface area contributed by atoms with Crippen LogP contribution in [0.1, 0.15) is 82.0 Å². The van der Waals surface area contributed by atoms with Crippen LogP contribution in [0.4, 0.5) is 4.79 Å². The smallest absolute Gasteiger partial charge is 0.315 e. The van der Waals surface area contributed by atoms with E-state index in [0.717, 1.165) is 51.0 Å². The zero-order valence-corrected chi connectivity index (χ0v) is 14.9. The summed E-state index contributed by atoms with van der Waals surface area (Å²) in [7, 11) is 0. The Hall–Kier alpha value is -1.63. The van der Waals surface area contributed by atoms with Gasteiger partial charge in [0, 0.05) is 24.5 Å². The van der Waals surface area contributed by atoms with E-state index in [9.17, 15) is 4.79 Å². The molecule has 2 amide bonds. The molecule has 7 heteroatoms. The molecule has 2 N–H and O–H groups in total. The van der Waals surface area contributed by atoms with E-state index in [-0.39, 0.29) is 18.1 Å². The highest BCUT2D eigenvalue weighted by Gasteiger charge is 2.38. The lowest BCUT2D eigenvalue weighted by Gasteiger charge is -2.33. The van der Waals surface area contributed by atoms with Gasteiger partial charge in [0.25, 0.3) is 0 Å². The summed E-state index contributed by atoms with van der Waals surface area (Å²) < 4.78 is 11.1. The third-order valence-electron chi connectivity index (χ3n) is 5.99. The molecule has 3 fully saturated rings. The fourth-order valence-corrected chi connectivity index (χ4v) is 4.60. The molecule has 3 aliphatic rings. The molecule has 1 aliphatic heterocycles. The predicted octanol–water partition coefficient (Wildman–Crippen LogP) is 3.05. The van der Waals surface area contributed by atoms with Gasteiger partial charge in [-0.3, -0.25) is 0 Å². The largest absolute Gasteiger partial charge is 0.378 e. The van der Waals surface area contributed by atoms with Crippen LogP contribution in [0.25, 0.3) is 0 Å². The van der Waals surface area contributed by atoms with Crippen LogP contribution in [0.3, 0.4) is 0 Å². The lowest BCUT2D eigenvalue weighted by Crippen LogP contribution is -2.49. The number of nitrogens with one attached hydrogen (secondary N) is 2. The molecule has 2 saturated carbocycles. The highest BCUT2D eigenvalue weighted by Crippen LogP contribution is 2.34. The molecular weight excluding hydrogens is 320 g/mol. The average molecular weight is 348 g/mol. The van der Waals surface area contributed by atoms with Crippen LogP contribution in [0.2, 0.25) is 0 Å². The lowest BCUT2D eigenvalue weighted by atomic mass is 9.82. The first-order valence-electron chi connectivity index (χ1n) is 9.73. The molecule has 0 unspecified atom stereocenters. The van der Waals surface area contributed by atoms with Crippen molar-refractivity contribution in [2.75, 3.05) is 6.61 Å². The Morgan fingerprint density at radius 2 is 2.00 bits per heavy atom. The minimum Gasteiger partial charge on any atom is -0.378 e. The number of hydrogen-bond acceptors (Lipinski definition) is 5. The number of rotatable bonds is 4. The van der Waals surface area contributed by atoms with Crippen LogP contribution in [0, 0.1) is 5.92 Å². The van der Waals surface area contributed by atoms with Crippen molar-refractivity contribution in [3.8, 4) is 0 Å². The summed E-state index contributed by atoms with van der Waals surface area (Å²) >= 11 is 0. The standard InChI is InChI=1S/C18H28N4O3/c1-11(17-21-16(22-25-17)12-5-2-3-6-12)19-18(23)20-14-7-4-8-15-13(14)9-10-24-15/h11-15H,2-10H2,1H3,(H2,19,20,23)/t11-,13-,14+,15+/m0/s1. The van der Waals surface area contributed by atoms with Crippen LogP contribution >= 0.6 is 0 Å². The number of nitrogens with zero attached hydrogens (tertiary/aromatic N) is 2. The molecule has 0 radical (unpaired) electrons. The molecule has 0 spiro atoms. The van der Waals surface area contributed by atoms with Gasteiger partial charge in [0.15, 0.2) is 5.82 Å². The van der Waals surface area contributed by atoms with Gasteiger partial charge in [-0.05, 0) is 45.4 Å². The molecule has 1 saturated heterocycles. The van der Waals surface area contributed by atoms with Crippen LogP contribution in [0.15, 0.2) is 4.52 Å². The van der Waals surface area contributed by atoms with Gasteiger partial charge in [-0.25, -0.2) is 4.79 Å². The molecule has 25 heavy (non-hydrogen) atoms. The van der Waals surface area contributed by atoms with Crippen molar-refractivity contribution in [1.29, 1.82) is 0 Å². The van der Waals surface area contributed by atoms with E-state index in [1.54, 1.807) is 0 Å². The van der Waals surface area contributed by atoms with Crippen molar-refractivity contribution in [1.82, 2.24) is 20.8 Å². The summed E-state index contributed by atoms with van der Waals surface area (Å²) in [5.74, 6) is 2.15. The van der Waals surface area contributed by atoms with Crippen molar-refractivity contribution in [3.63, 3.8) is 0 Å². The molecule has 7 nitrogen and oxygen atoms in total. The van der Waals surface area contributed by atoms with E-state index >= 15 is 0 Å². The van der Waals surface area contributed by atoms with E-state index in [0.29, 0.717) is 23.8 Å². The van der Waals surface area contributed by atoms with Gasteiger partial charge >= 0.3 is 6.03 Å². The second kappa shape index (κ2) is 7.32. The fourth-order valence-electron chi connectivity index (χ4n) is 4.60. The first-order chi connectivity index (χ1) is 12.2. The Labute approximate surface area is 148 Å². The van der Waals surface area contributed by atoms with Crippen LogP contribution in [-0.2, 0) is 4.74 Å². The second-order valence-electron chi connectivity index (χ2n) is 7.71. The normalized spacial score (nSPS) is 30.8. The van der Waals surface area contributed by atoms with Crippen molar-refractivity contribution in [2.24, 2.45) is 5.92 Å². The Morgan fingerprint density at radius 3 is 2.84 bits per heavy atom. The van der Waals surface area contributed by atoms with Crippen molar-refractivity contribution in [2.45, 2.75) is 82.4 Å². The number of urea groups is 1. The van der Waals surface area contributed by atoms with Crippen molar-refractivity contribution < 1.29 is 14.1 Å². The summed E-state index contributed by atoms with van der Waals surface area (Å²) in [5, 5.41) is 10.2. The lowest BCUT2D eigenvalue weighted by molar-refractivity contribution is 0.0548. The van der Waals surface area contributed by atoms with E-state index in [4.69, 9.17) is 9.26 Å². The van der Waals surface area contributed by atoms with Crippen molar-refractivity contribution in [3.05, 3.63) is 11.7 Å². The maximum atomic E-state index is 12.4. The van der Waals surface area contributed by atoms with E-state index < -0.39 is 0 Å². The van der Waals surface area contributed by atoms with Crippen LogP contribution < -0.4 is 10.6 Å². The summed E-state index contributed by atoms with van der Waals surface area (Å²) in [5.41, 5.74) is 0. The molecule has 1 aromatic heterocycles. The minimum atomic E-state index is -0.290. The van der Waals surface area contributed by atoms with Crippen molar-refractivity contribution >= 4 is 6.03 Å². The van der Waals surface area contributed by atoms with E-state index in [1.807, 2.05) is 6.92 Å². The number of amides is 2. The maximum absolute atomic E-state index is 12.4. The van der Waals surface area contributed by atoms with Gasteiger partial charge in [0.2, 0.25) is 5.89 Å². The number of carbonyl (C=O) groups is 1. The molecule has 138 valence electrons. The predicted molar refractivity (Wildman–Crippen MR) is 91.1 cm³/mol. The number of fused-ring (bicyclic) bond motifs is 1. The molecule has 0 bridgehead atoms. The zero-order valence-electron chi connectivity index (χ0n) is 14.9. The molecule has 1 aromatic rings. The highest BCUT2D eigenvalue weighted by atomic mass is 16.5. The summed E-state index contributed by atoms with van der Waals surface area (Å²) in [6.07, 6.45) is 9.35. The second-order valence-corrected chi connectivity index (χ2v) is 7.71. The van der Waals surface area contributed by atoms with Gasteiger partial charge in [-0.1, -0.05) is 18.0 Å². The summed E-state index contributed by atoms with van der Waals surface area (Å²) in [6.45, 7) is 2.70. The quantitative estimate of drug-likeness (QED) is 0.873. The molecule has 0 aromatic carbocycles. The summed E-state index contributed by atoms with van der Waals surface area (Å²) in [4.78, 5) is 16.9. The van der Waals surface area contributed by atoms with E-state index in [1.165, 1.54) is 12.8 Å². The maximum Gasteiger partial charge on any atom is 0.315 e. The molecule has 4 atom stereocenters. The zero-order chi connectivity index (χ0) is 17.2. The van der Waals surface area contributed by atoms with Crippen LogP contribution in [0.5, 0.6) is 0 Å².